The lowest BCUT2D eigenvalue weighted by Gasteiger charge is -2.18. The molecule has 0 spiro atoms. The van der Waals surface area contributed by atoms with Crippen LogP contribution in [0.1, 0.15) is 37.3 Å². The monoisotopic (exact) mass is 285 g/mol. The zero-order chi connectivity index (χ0) is 14.3. The van der Waals surface area contributed by atoms with Gasteiger partial charge in [-0.15, -0.1) is 13.2 Å². The number of fused-ring (bicyclic) bond motifs is 1. The van der Waals surface area contributed by atoms with Gasteiger partial charge < -0.3 is 10.5 Å². The fourth-order valence-corrected chi connectivity index (χ4v) is 3.76. The molecule has 0 bridgehead atoms. The van der Waals surface area contributed by atoms with E-state index >= 15 is 0 Å². The molecule has 3 atom stereocenters. The van der Waals surface area contributed by atoms with Crippen LogP contribution in [0.15, 0.2) is 24.3 Å². The maximum atomic E-state index is 12.4. The Kier molecular flexibility index (Phi) is 3.40. The molecule has 0 amide bonds. The molecule has 1 aromatic carbocycles. The zero-order valence-electron chi connectivity index (χ0n) is 11.1. The molecule has 0 aliphatic heterocycles. The Bertz CT molecular complexity index is 476. The Hall–Kier alpha value is -1.23. The molecule has 0 heterocycles. The first kappa shape index (κ1) is 13.7. The first-order valence-electron chi connectivity index (χ1n) is 7.07. The zero-order valence-corrected chi connectivity index (χ0v) is 11.1. The first-order chi connectivity index (χ1) is 9.47. The molecule has 2 nitrogen and oxygen atoms in total. The highest BCUT2D eigenvalue weighted by Crippen LogP contribution is 2.60. The van der Waals surface area contributed by atoms with Crippen molar-refractivity contribution in [3.63, 3.8) is 0 Å². The summed E-state index contributed by atoms with van der Waals surface area (Å²) in [6.07, 6.45) is 0.0684. The smallest absolute Gasteiger partial charge is 0.405 e. The number of hydrogen-bond acceptors (Lipinski definition) is 2. The molecule has 0 radical (unpaired) electrons. The van der Waals surface area contributed by atoms with Crippen molar-refractivity contribution in [2.45, 2.75) is 38.1 Å². The third-order valence-electron chi connectivity index (χ3n) is 4.64. The second kappa shape index (κ2) is 4.95. The van der Waals surface area contributed by atoms with Gasteiger partial charge in [0.25, 0.3) is 0 Å². The molecule has 110 valence electrons. The van der Waals surface area contributed by atoms with Crippen molar-refractivity contribution in [1.82, 2.24) is 0 Å². The second-order valence-electron chi connectivity index (χ2n) is 5.80. The van der Waals surface area contributed by atoms with Crippen LogP contribution in [0.5, 0.6) is 5.75 Å². The molecule has 2 fully saturated rings. The van der Waals surface area contributed by atoms with Gasteiger partial charge in [0.15, 0.2) is 0 Å². The average Bonchev–Trinajstić information content (AvgIpc) is 3.11. The lowest BCUT2D eigenvalue weighted by molar-refractivity contribution is -0.275. The Morgan fingerprint density at radius 1 is 1.10 bits per heavy atom. The van der Waals surface area contributed by atoms with Gasteiger partial charge >= 0.3 is 6.36 Å². The fourth-order valence-electron chi connectivity index (χ4n) is 3.76. The molecule has 2 saturated carbocycles. The highest BCUT2D eigenvalue weighted by atomic mass is 19.4. The third kappa shape index (κ3) is 2.64. The van der Waals surface area contributed by atoms with Gasteiger partial charge in [-0.25, -0.2) is 0 Å². The summed E-state index contributed by atoms with van der Waals surface area (Å²) in [6.45, 7) is 0. The van der Waals surface area contributed by atoms with E-state index in [0.29, 0.717) is 23.3 Å². The number of benzene rings is 1. The van der Waals surface area contributed by atoms with Gasteiger partial charge in [0.2, 0.25) is 0 Å². The van der Waals surface area contributed by atoms with Gasteiger partial charge in [-0.3, -0.25) is 0 Å². The van der Waals surface area contributed by atoms with E-state index in [1.165, 1.54) is 25.0 Å². The average molecular weight is 285 g/mol. The minimum atomic E-state index is -4.67. The molecule has 0 aromatic heterocycles. The molecule has 2 aliphatic carbocycles. The highest BCUT2D eigenvalue weighted by molar-refractivity contribution is 5.37. The fraction of sp³-hybridized carbons (Fsp3) is 0.600. The van der Waals surface area contributed by atoms with Crippen LogP contribution in [-0.2, 0) is 0 Å². The van der Waals surface area contributed by atoms with Gasteiger partial charge in [0, 0.05) is 11.6 Å². The second-order valence-corrected chi connectivity index (χ2v) is 5.80. The summed E-state index contributed by atoms with van der Waals surface area (Å²) in [5.41, 5.74) is 6.71. The van der Waals surface area contributed by atoms with Crippen LogP contribution in [0.25, 0.3) is 0 Å². The molecule has 0 saturated heterocycles. The molecular formula is C15H18F3NO. The van der Waals surface area contributed by atoms with E-state index in [1.807, 2.05) is 0 Å². The maximum absolute atomic E-state index is 12.4. The molecule has 2 N–H and O–H groups in total. The van der Waals surface area contributed by atoms with Gasteiger partial charge in [0.05, 0.1) is 0 Å². The summed E-state index contributed by atoms with van der Waals surface area (Å²) in [5.74, 6) is 1.35. The van der Waals surface area contributed by atoms with E-state index in [2.05, 4.69) is 4.74 Å². The number of hydrogen-bond donors (Lipinski definition) is 1. The number of nitrogens with two attached hydrogens (primary N) is 1. The summed E-state index contributed by atoms with van der Waals surface area (Å²) in [6, 6.07) is 5.88. The lowest BCUT2D eigenvalue weighted by atomic mass is 10.00. The van der Waals surface area contributed by atoms with Crippen LogP contribution in [0.3, 0.4) is 0 Å². The van der Waals surface area contributed by atoms with Crippen molar-refractivity contribution in [1.29, 1.82) is 0 Å². The van der Waals surface area contributed by atoms with Crippen molar-refractivity contribution >= 4 is 0 Å². The van der Waals surface area contributed by atoms with Crippen LogP contribution in [0, 0.1) is 17.8 Å². The minimum Gasteiger partial charge on any atom is -0.405 e. The maximum Gasteiger partial charge on any atom is 0.573 e. The topological polar surface area (TPSA) is 35.2 Å². The van der Waals surface area contributed by atoms with E-state index in [1.54, 1.807) is 12.1 Å². The van der Waals surface area contributed by atoms with E-state index in [0.717, 1.165) is 12.8 Å². The summed E-state index contributed by atoms with van der Waals surface area (Å²) in [7, 11) is 0. The number of halogens is 3. The predicted molar refractivity (Wildman–Crippen MR) is 69.0 cm³/mol. The number of rotatable bonds is 3. The molecule has 2 aliphatic rings. The van der Waals surface area contributed by atoms with E-state index in [4.69, 9.17) is 5.73 Å². The molecule has 5 heteroatoms. The molecule has 3 unspecified atom stereocenters. The number of alkyl halides is 3. The third-order valence-corrected chi connectivity index (χ3v) is 4.64. The van der Waals surface area contributed by atoms with Crippen molar-refractivity contribution in [2.24, 2.45) is 23.5 Å². The van der Waals surface area contributed by atoms with Crippen molar-refractivity contribution in [3.8, 4) is 5.75 Å². The summed E-state index contributed by atoms with van der Waals surface area (Å²) in [5, 5.41) is 0. The molecule has 1 aromatic rings. The van der Waals surface area contributed by atoms with Crippen molar-refractivity contribution in [3.05, 3.63) is 29.8 Å². The van der Waals surface area contributed by atoms with Crippen LogP contribution >= 0.6 is 0 Å². The van der Waals surface area contributed by atoms with Crippen LogP contribution in [-0.4, -0.2) is 6.36 Å². The van der Waals surface area contributed by atoms with Gasteiger partial charge in [-0.2, -0.15) is 0 Å². The van der Waals surface area contributed by atoms with Crippen LogP contribution < -0.4 is 10.5 Å². The van der Waals surface area contributed by atoms with Crippen molar-refractivity contribution < 1.29 is 17.9 Å². The molecule has 20 heavy (non-hydrogen) atoms. The largest absolute Gasteiger partial charge is 0.573 e. The normalized spacial score (nSPS) is 30.5. The van der Waals surface area contributed by atoms with E-state index in [9.17, 15) is 13.2 Å². The Balaban J connectivity index is 1.79. The minimum absolute atomic E-state index is 0.156. The van der Waals surface area contributed by atoms with Crippen LogP contribution in [0.2, 0.25) is 0 Å². The summed E-state index contributed by atoms with van der Waals surface area (Å²) in [4.78, 5) is 0. The van der Waals surface area contributed by atoms with E-state index in [-0.39, 0.29) is 11.8 Å². The highest BCUT2D eigenvalue weighted by Gasteiger charge is 2.54. The van der Waals surface area contributed by atoms with Gasteiger partial charge in [-0.1, -0.05) is 31.0 Å². The quantitative estimate of drug-likeness (QED) is 0.910. The van der Waals surface area contributed by atoms with Gasteiger partial charge in [-0.05, 0) is 36.7 Å². The standard InChI is InChI=1S/C15H18F3NO/c16-15(17,18)20-12-8-4-3-7-11(12)14(19)13-9-5-1-2-6-10(9)13/h3-4,7-10,13-14H,1-2,5-6,19H2. The molecule has 3 rings (SSSR count). The van der Waals surface area contributed by atoms with Crippen molar-refractivity contribution in [2.75, 3.05) is 0 Å². The Morgan fingerprint density at radius 3 is 2.30 bits per heavy atom. The Labute approximate surface area is 116 Å². The Morgan fingerprint density at radius 2 is 1.70 bits per heavy atom. The van der Waals surface area contributed by atoms with E-state index < -0.39 is 6.36 Å². The van der Waals surface area contributed by atoms with Crippen LogP contribution in [0.4, 0.5) is 13.2 Å². The number of para-hydroxylation sites is 1. The SMILES string of the molecule is NC(c1ccccc1OC(F)(F)F)C1C2CCCCC21. The summed E-state index contributed by atoms with van der Waals surface area (Å²) < 4.78 is 41.4. The lowest BCUT2D eigenvalue weighted by Crippen LogP contribution is -2.21. The van der Waals surface area contributed by atoms with Gasteiger partial charge in [0.1, 0.15) is 5.75 Å². The summed E-state index contributed by atoms with van der Waals surface area (Å²) >= 11 is 0. The number of ether oxygens (including phenoxy) is 1. The predicted octanol–water partition coefficient (Wildman–Crippen LogP) is 4.02. The molecular weight excluding hydrogens is 267 g/mol. The first-order valence-corrected chi connectivity index (χ1v) is 7.07.